The predicted octanol–water partition coefficient (Wildman–Crippen LogP) is 5.24. The van der Waals surface area contributed by atoms with E-state index in [-0.39, 0.29) is 29.2 Å². The number of anilines is 1. The minimum absolute atomic E-state index is 0.154. The molecule has 0 radical (unpaired) electrons. The molecule has 0 unspecified atom stereocenters. The Bertz CT molecular complexity index is 1420. The third kappa shape index (κ3) is 5.13. The SMILES string of the molecule is OC(CNc1nc(-c2cc(-c3ccon3)n(Cc3ccccc3F)n2)nc(Cl)c1F)(C(F)(F)F)C(F)(F)F. The van der Waals surface area contributed by atoms with Gasteiger partial charge in [-0.3, -0.25) is 4.68 Å². The molecule has 38 heavy (non-hydrogen) atoms. The molecule has 0 bridgehead atoms. The van der Waals surface area contributed by atoms with Crippen molar-refractivity contribution >= 4 is 17.4 Å². The molecule has 0 aliphatic heterocycles. The van der Waals surface area contributed by atoms with Gasteiger partial charge < -0.3 is 14.9 Å². The standard InChI is InChI=1S/C21H13ClF8N6O2/c22-16-15(24)18(31-9-19(37,20(25,26)27)21(28,29)30)33-17(32-16)13-7-14(12-5-6-38-35-12)36(34-13)8-10-3-1-2-4-11(10)23/h1-7,37H,8-9H2,(H,31,32,33). The summed E-state index contributed by atoms with van der Waals surface area (Å²) in [7, 11) is 0. The number of hydrogen-bond acceptors (Lipinski definition) is 7. The Morgan fingerprint density at radius 3 is 2.26 bits per heavy atom. The van der Waals surface area contributed by atoms with E-state index in [0.717, 1.165) is 0 Å². The second kappa shape index (κ2) is 9.83. The Balaban J connectivity index is 1.73. The first kappa shape index (κ1) is 27.3. The summed E-state index contributed by atoms with van der Waals surface area (Å²) in [5.74, 6) is -3.83. The quantitative estimate of drug-likeness (QED) is 0.232. The molecule has 0 atom stereocenters. The molecule has 8 nitrogen and oxygen atoms in total. The Hall–Kier alpha value is -3.79. The lowest BCUT2D eigenvalue weighted by atomic mass is 10.0. The van der Waals surface area contributed by atoms with E-state index < -0.39 is 52.9 Å². The molecule has 202 valence electrons. The fraction of sp³-hybridized carbons (Fsp3) is 0.238. The Morgan fingerprint density at radius 1 is 0.974 bits per heavy atom. The molecule has 0 aliphatic carbocycles. The lowest BCUT2D eigenvalue weighted by molar-refractivity contribution is -0.362. The Morgan fingerprint density at radius 2 is 1.66 bits per heavy atom. The summed E-state index contributed by atoms with van der Waals surface area (Å²) in [6.45, 7) is -2.39. The van der Waals surface area contributed by atoms with Crippen molar-refractivity contribution in [3.63, 3.8) is 0 Å². The fourth-order valence-corrected chi connectivity index (χ4v) is 3.38. The molecule has 1 aromatic carbocycles. The fourth-order valence-electron chi connectivity index (χ4n) is 3.21. The lowest BCUT2D eigenvalue weighted by Gasteiger charge is -2.32. The Labute approximate surface area is 211 Å². The van der Waals surface area contributed by atoms with Gasteiger partial charge in [0.2, 0.25) is 5.82 Å². The average Bonchev–Trinajstić information content (AvgIpc) is 3.50. The second-order valence-electron chi connectivity index (χ2n) is 7.76. The number of benzene rings is 1. The topological polar surface area (TPSA) is 102 Å². The molecule has 4 aromatic rings. The van der Waals surface area contributed by atoms with Crippen molar-refractivity contribution in [1.82, 2.24) is 24.9 Å². The minimum atomic E-state index is -6.16. The number of hydrogen-bond donors (Lipinski definition) is 2. The van der Waals surface area contributed by atoms with Gasteiger partial charge >= 0.3 is 12.4 Å². The maximum Gasteiger partial charge on any atom is 0.428 e. The summed E-state index contributed by atoms with van der Waals surface area (Å²) < 4.78 is 113. The Kier molecular flexibility index (Phi) is 7.05. The summed E-state index contributed by atoms with van der Waals surface area (Å²) in [6, 6.07) is 8.43. The van der Waals surface area contributed by atoms with Gasteiger partial charge in [0.25, 0.3) is 5.60 Å². The van der Waals surface area contributed by atoms with Crippen LogP contribution in [0.3, 0.4) is 0 Å². The molecular formula is C21H13ClF8N6O2. The van der Waals surface area contributed by atoms with E-state index in [4.69, 9.17) is 16.1 Å². The summed E-state index contributed by atoms with van der Waals surface area (Å²) in [4.78, 5) is 7.25. The molecule has 0 amide bonds. The van der Waals surface area contributed by atoms with Crippen LogP contribution in [0.1, 0.15) is 5.56 Å². The molecule has 3 heterocycles. The van der Waals surface area contributed by atoms with Crippen LogP contribution in [-0.4, -0.2) is 54.5 Å². The van der Waals surface area contributed by atoms with Crippen molar-refractivity contribution in [3.05, 3.63) is 65.0 Å². The van der Waals surface area contributed by atoms with Crippen molar-refractivity contribution in [2.75, 3.05) is 11.9 Å². The first-order chi connectivity index (χ1) is 17.7. The molecule has 0 fully saturated rings. The van der Waals surface area contributed by atoms with E-state index in [1.807, 2.05) is 0 Å². The number of aromatic nitrogens is 5. The summed E-state index contributed by atoms with van der Waals surface area (Å²) >= 11 is 5.71. The number of nitrogens with zero attached hydrogens (tertiary/aromatic N) is 5. The van der Waals surface area contributed by atoms with Crippen molar-refractivity contribution in [2.24, 2.45) is 0 Å². The largest absolute Gasteiger partial charge is 0.428 e. The molecule has 0 aliphatic rings. The highest BCUT2D eigenvalue weighted by Gasteiger charge is 2.70. The summed E-state index contributed by atoms with van der Waals surface area (Å²) in [6.07, 6.45) is -11.1. The molecule has 0 spiro atoms. The predicted molar refractivity (Wildman–Crippen MR) is 115 cm³/mol. The van der Waals surface area contributed by atoms with E-state index >= 15 is 0 Å². The maximum atomic E-state index is 14.5. The van der Waals surface area contributed by atoms with E-state index in [9.17, 15) is 40.2 Å². The second-order valence-corrected chi connectivity index (χ2v) is 8.12. The minimum Gasteiger partial charge on any atom is -0.372 e. The van der Waals surface area contributed by atoms with Crippen LogP contribution in [-0.2, 0) is 6.54 Å². The zero-order valence-corrected chi connectivity index (χ0v) is 19.2. The van der Waals surface area contributed by atoms with Crippen LogP contribution in [0.2, 0.25) is 5.15 Å². The molecule has 3 aromatic heterocycles. The highest BCUT2D eigenvalue weighted by Crippen LogP contribution is 2.43. The first-order valence-electron chi connectivity index (χ1n) is 10.3. The number of nitrogens with one attached hydrogen (secondary N) is 1. The molecule has 2 N–H and O–H groups in total. The summed E-state index contributed by atoms with van der Waals surface area (Å²) in [5.41, 5.74) is -4.77. The van der Waals surface area contributed by atoms with E-state index in [2.05, 4.69) is 20.2 Å². The number of alkyl halides is 6. The monoisotopic (exact) mass is 568 g/mol. The zero-order valence-electron chi connectivity index (χ0n) is 18.4. The number of halogens is 9. The first-order valence-corrected chi connectivity index (χ1v) is 10.6. The summed E-state index contributed by atoms with van der Waals surface area (Å²) in [5, 5.41) is 17.8. The van der Waals surface area contributed by atoms with Crippen LogP contribution in [0.25, 0.3) is 22.9 Å². The molecule has 4 rings (SSSR count). The van der Waals surface area contributed by atoms with Crippen molar-refractivity contribution in [3.8, 4) is 22.9 Å². The van der Waals surface area contributed by atoms with Crippen LogP contribution in [0, 0.1) is 11.6 Å². The third-order valence-corrected chi connectivity index (χ3v) is 5.50. The van der Waals surface area contributed by atoms with Gasteiger partial charge in [-0.15, -0.1) is 0 Å². The zero-order chi connectivity index (χ0) is 27.9. The van der Waals surface area contributed by atoms with Gasteiger partial charge in [0.15, 0.2) is 16.8 Å². The van der Waals surface area contributed by atoms with Crippen molar-refractivity contribution in [1.29, 1.82) is 0 Å². The third-order valence-electron chi connectivity index (χ3n) is 5.25. The maximum absolute atomic E-state index is 14.5. The molecule has 17 heteroatoms. The van der Waals surface area contributed by atoms with Crippen molar-refractivity contribution < 1.29 is 44.8 Å². The van der Waals surface area contributed by atoms with Gasteiger partial charge in [0.1, 0.15) is 23.5 Å². The van der Waals surface area contributed by atoms with E-state index in [1.165, 1.54) is 46.6 Å². The average molecular weight is 569 g/mol. The van der Waals surface area contributed by atoms with Crippen LogP contribution in [0.4, 0.5) is 40.9 Å². The number of rotatable bonds is 7. The smallest absolute Gasteiger partial charge is 0.372 e. The van der Waals surface area contributed by atoms with Crippen LogP contribution in [0.5, 0.6) is 0 Å². The van der Waals surface area contributed by atoms with E-state index in [1.54, 1.807) is 6.07 Å². The highest BCUT2D eigenvalue weighted by molar-refractivity contribution is 6.29. The molecular weight excluding hydrogens is 556 g/mol. The van der Waals surface area contributed by atoms with E-state index in [0.29, 0.717) is 0 Å². The van der Waals surface area contributed by atoms with Gasteiger partial charge in [-0.25, -0.2) is 14.4 Å². The molecule has 0 saturated heterocycles. The van der Waals surface area contributed by atoms with Crippen LogP contribution in [0.15, 0.2) is 47.2 Å². The van der Waals surface area contributed by atoms with Crippen molar-refractivity contribution in [2.45, 2.75) is 24.5 Å². The highest BCUT2D eigenvalue weighted by atomic mass is 35.5. The van der Waals surface area contributed by atoms with Gasteiger partial charge in [-0.1, -0.05) is 35.0 Å². The van der Waals surface area contributed by atoms with Gasteiger partial charge in [0.05, 0.1) is 18.8 Å². The number of aliphatic hydroxyl groups is 1. The van der Waals surface area contributed by atoms with Gasteiger partial charge in [0, 0.05) is 11.6 Å². The van der Waals surface area contributed by atoms with Crippen LogP contribution < -0.4 is 5.32 Å². The van der Waals surface area contributed by atoms with Crippen LogP contribution >= 0.6 is 11.6 Å². The normalized spacial score (nSPS) is 12.7. The molecule has 0 saturated carbocycles. The van der Waals surface area contributed by atoms with Gasteiger partial charge in [-0.2, -0.15) is 35.8 Å². The lowest BCUT2D eigenvalue weighted by Crippen LogP contribution is -2.61. The van der Waals surface area contributed by atoms with Gasteiger partial charge in [-0.05, 0) is 12.1 Å².